The van der Waals surface area contributed by atoms with Gasteiger partial charge < -0.3 is 9.84 Å². The van der Waals surface area contributed by atoms with E-state index in [-0.39, 0.29) is 6.10 Å². The Bertz CT molecular complexity index is 364. The molecule has 0 saturated heterocycles. The van der Waals surface area contributed by atoms with Crippen molar-refractivity contribution in [2.75, 3.05) is 7.11 Å². The van der Waals surface area contributed by atoms with Crippen molar-refractivity contribution in [1.82, 2.24) is 0 Å². The molecule has 0 radical (unpaired) electrons. The third-order valence-corrected chi connectivity index (χ3v) is 7.53. The normalized spacial score (nSPS) is 52.6. The maximum absolute atomic E-state index is 11.4. The zero-order valence-electron chi connectivity index (χ0n) is 13.0. The fourth-order valence-electron chi connectivity index (χ4n) is 5.83. The van der Waals surface area contributed by atoms with Gasteiger partial charge in [-0.1, -0.05) is 33.6 Å². The second kappa shape index (κ2) is 4.21. The highest BCUT2D eigenvalue weighted by Crippen LogP contribution is 2.71. The van der Waals surface area contributed by atoms with Crippen molar-refractivity contribution >= 4 is 0 Å². The number of aliphatic hydroxyl groups is 1. The third-order valence-electron chi connectivity index (χ3n) is 7.53. The summed E-state index contributed by atoms with van der Waals surface area (Å²) in [5.74, 6) is 1.23. The molecule has 19 heavy (non-hydrogen) atoms. The monoisotopic (exact) mass is 266 g/mol. The second-order valence-corrected chi connectivity index (χ2v) is 8.12. The molecular formula is C17H30O2. The van der Waals surface area contributed by atoms with Crippen LogP contribution >= 0.6 is 0 Å². The Hall–Kier alpha value is -0.0800. The highest BCUT2D eigenvalue weighted by atomic mass is 16.5. The van der Waals surface area contributed by atoms with Crippen LogP contribution in [0, 0.1) is 22.7 Å². The summed E-state index contributed by atoms with van der Waals surface area (Å²) >= 11 is 0. The lowest BCUT2D eigenvalue weighted by Gasteiger charge is -2.51. The van der Waals surface area contributed by atoms with Gasteiger partial charge >= 0.3 is 0 Å². The molecule has 110 valence electrons. The van der Waals surface area contributed by atoms with Crippen LogP contribution in [0.2, 0.25) is 0 Å². The van der Waals surface area contributed by atoms with Crippen LogP contribution in [0.1, 0.15) is 65.7 Å². The number of fused-ring (bicyclic) bond motifs is 2. The van der Waals surface area contributed by atoms with Gasteiger partial charge in [-0.15, -0.1) is 0 Å². The van der Waals surface area contributed by atoms with Gasteiger partial charge in [-0.3, -0.25) is 0 Å². The Morgan fingerprint density at radius 1 is 1.05 bits per heavy atom. The molecule has 0 aliphatic heterocycles. The Kier molecular flexibility index (Phi) is 3.07. The van der Waals surface area contributed by atoms with Crippen LogP contribution in [-0.4, -0.2) is 23.9 Å². The van der Waals surface area contributed by atoms with Crippen LogP contribution in [0.4, 0.5) is 0 Å². The van der Waals surface area contributed by atoms with Crippen molar-refractivity contribution in [2.24, 2.45) is 22.7 Å². The minimum Gasteiger partial charge on any atom is -0.387 e. The van der Waals surface area contributed by atoms with Crippen molar-refractivity contribution < 1.29 is 9.84 Å². The molecule has 2 heteroatoms. The lowest BCUT2D eigenvalue weighted by atomic mass is 9.58. The molecular weight excluding hydrogens is 236 g/mol. The molecule has 2 nitrogen and oxygen atoms in total. The van der Waals surface area contributed by atoms with E-state index in [4.69, 9.17) is 4.74 Å². The van der Waals surface area contributed by atoms with Crippen molar-refractivity contribution in [1.29, 1.82) is 0 Å². The maximum Gasteiger partial charge on any atom is 0.0941 e. The Morgan fingerprint density at radius 2 is 1.79 bits per heavy atom. The molecule has 3 saturated carbocycles. The van der Waals surface area contributed by atoms with Gasteiger partial charge in [0.2, 0.25) is 0 Å². The molecule has 0 amide bonds. The van der Waals surface area contributed by atoms with Gasteiger partial charge in [0.25, 0.3) is 0 Å². The SMILES string of the molecule is COC1CCCCC1(O)[C@@H]1C[C@H]2CC[C@]1(C)C2(C)C. The Balaban J connectivity index is 1.94. The average molecular weight is 266 g/mol. The molecule has 2 unspecified atom stereocenters. The number of ether oxygens (including phenoxy) is 1. The average Bonchev–Trinajstić information content (AvgIpc) is 2.71. The van der Waals surface area contributed by atoms with E-state index >= 15 is 0 Å². The summed E-state index contributed by atoms with van der Waals surface area (Å²) in [5.41, 5.74) is 0.0951. The quantitative estimate of drug-likeness (QED) is 0.824. The first-order chi connectivity index (χ1) is 8.86. The van der Waals surface area contributed by atoms with E-state index in [9.17, 15) is 5.11 Å². The smallest absolute Gasteiger partial charge is 0.0941 e. The Labute approximate surface area is 117 Å². The Morgan fingerprint density at radius 3 is 2.32 bits per heavy atom. The molecule has 0 heterocycles. The lowest BCUT2D eigenvalue weighted by molar-refractivity contribution is -0.177. The molecule has 3 rings (SSSR count). The van der Waals surface area contributed by atoms with E-state index in [0.717, 1.165) is 25.2 Å². The zero-order valence-corrected chi connectivity index (χ0v) is 13.0. The summed E-state index contributed by atoms with van der Waals surface area (Å²) in [6, 6.07) is 0. The molecule has 0 spiro atoms. The standard InChI is InChI=1S/C17H30O2/c1-15(2)12-8-10-16(15,3)13(11-12)17(18)9-6-5-7-14(17)19-4/h12-14,18H,5-11H2,1-4H3/t12-,13-,14?,16+,17?/m1/s1. The number of methoxy groups -OCH3 is 1. The van der Waals surface area contributed by atoms with Crippen molar-refractivity contribution in [3.63, 3.8) is 0 Å². The summed E-state index contributed by atoms with van der Waals surface area (Å²) in [7, 11) is 1.78. The van der Waals surface area contributed by atoms with E-state index in [1.807, 2.05) is 0 Å². The van der Waals surface area contributed by atoms with E-state index in [0.29, 0.717) is 16.7 Å². The molecule has 3 aliphatic carbocycles. The zero-order chi connectivity index (χ0) is 13.9. The largest absolute Gasteiger partial charge is 0.387 e. The van der Waals surface area contributed by atoms with Crippen LogP contribution < -0.4 is 0 Å². The van der Waals surface area contributed by atoms with Gasteiger partial charge in [0.15, 0.2) is 0 Å². The fourth-order valence-corrected chi connectivity index (χ4v) is 5.83. The molecule has 0 aromatic rings. The van der Waals surface area contributed by atoms with Gasteiger partial charge in [-0.2, -0.15) is 0 Å². The van der Waals surface area contributed by atoms with Gasteiger partial charge in [0.05, 0.1) is 11.7 Å². The lowest BCUT2D eigenvalue weighted by Crippen LogP contribution is -2.56. The third kappa shape index (κ3) is 1.62. The van der Waals surface area contributed by atoms with Crippen molar-refractivity contribution in [3.05, 3.63) is 0 Å². The minimum absolute atomic E-state index is 0.0539. The van der Waals surface area contributed by atoms with E-state index < -0.39 is 5.60 Å². The summed E-state index contributed by atoms with van der Waals surface area (Å²) < 4.78 is 5.69. The van der Waals surface area contributed by atoms with Crippen LogP contribution in [0.3, 0.4) is 0 Å². The number of hydrogen-bond acceptors (Lipinski definition) is 2. The van der Waals surface area contributed by atoms with Gasteiger partial charge in [-0.05, 0) is 54.8 Å². The van der Waals surface area contributed by atoms with E-state index in [2.05, 4.69) is 20.8 Å². The highest BCUT2D eigenvalue weighted by molar-refractivity contribution is 5.16. The summed E-state index contributed by atoms with van der Waals surface area (Å²) in [6.45, 7) is 7.29. The predicted octanol–water partition coefficient (Wildman–Crippen LogP) is 3.77. The summed E-state index contributed by atoms with van der Waals surface area (Å²) in [4.78, 5) is 0. The van der Waals surface area contributed by atoms with Crippen molar-refractivity contribution in [3.8, 4) is 0 Å². The molecule has 5 atom stereocenters. The van der Waals surface area contributed by atoms with Gasteiger partial charge in [-0.25, -0.2) is 0 Å². The molecule has 2 bridgehead atoms. The highest BCUT2D eigenvalue weighted by Gasteiger charge is 2.67. The number of hydrogen-bond donors (Lipinski definition) is 1. The first kappa shape index (κ1) is 13.9. The maximum atomic E-state index is 11.4. The topological polar surface area (TPSA) is 29.5 Å². The van der Waals surface area contributed by atoms with Crippen LogP contribution in [0.25, 0.3) is 0 Å². The molecule has 3 fully saturated rings. The first-order valence-corrected chi connectivity index (χ1v) is 8.11. The van der Waals surface area contributed by atoms with E-state index in [1.54, 1.807) is 7.11 Å². The van der Waals surface area contributed by atoms with E-state index in [1.165, 1.54) is 25.7 Å². The minimum atomic E-state index is -0.575. The summed E-state index contributed by atoms with van der Waals surface area (Å²) in [5, 5.41) is 11.4. The predicted molar refractivity (Wildman–Crippen MR) is 76.9 cm³/mol. The van der Waals surface area contributed by atoms with Crippen LogP contribution in [-0.2, 0) is 4.74 Å². The molecule has 0 aromatic heterocycles. The van der Waals surface area contributed by atoms with Crippen molar-refractivity contribution in [2.45, 2.75) is 77.4 Å². The molecule has 3 aliphatic rings. The van der Waals surface area contributed by atoms with Crippen LogP contribution in [0.15, 0.2) is 0 Å². The summed E-state index contributed by atoms with van der Waals surface area (Å²) in [6.07, 6.45) is 8.24. The second-order valence-electron chi connectivity index (χ2n) is 8.12. The number of rotatable bonds is 2. The van der Waals surface area contributed by atoms with Gasteiger partial charge in [0.1, 0.15) is 0 Å². The first-order valence-electron chi connectivity index (χ1n) is 8.11. The van der Waals surface area contributed by atoms with Crippen LogP contribution in [0.5, 0.6) is 0 Å². The van der Waals surface area contributed by atoms with Gasteiger partial charge in [0, 0.05) is 7.11 Å². The fraction of sp³-hybridized carbons (Fsp3) is 1.00. The molecule has 1 N–H and O–H groups in total. The molecule has 0 aromatic carbocycles.